The Balaban J connectivity index is 2.03. The number of aliphatic hydroxyl groups excluding tert-OH is 1. The van der Waals surface area contributed by atoms with Crippen molar-refractivity contribution in [3.63, 3.8) is 0 Å². The van der Waals surface area contributed by atoms with E-state index in [-0.39, 0.29) is 11.6 Å². The molecule has 3 N–H and O–H groups in total. The molecule has 0 bridgehead atoms. The third kappa shape index (κ3) is 3.18. The summed E-state index contributed by atoms with van der Waals surface area (Å²) in [5.41, 5.74) is 7.27. The second kappa shape index (κ2) is 7.01. The number of primary amides is 1. The van der Waals surface area contributed by atoms with Gasteiger partial charge in [0, 0.05) is 12.4 Å². The maximum absolute atomic E-state index is 11.7. The second-order valence-corrected chi connectivity index (χ2v) is 6.07. The Morgan fingerprint density at radius 1 is 1.35 bits per heavy atom. The van der Waals surface area contributed by atoms with Gasteiger partial charge in [-0.1, -0.05) is 12.1 Å². The summed E-state index contributed by atoms with van der Waals surface area (Å²) < 4.78 is 6.75. The lowest BCUT2D eigenvalue weighted by Gasteiger charge is -2.37. The van der Waals surface area contributed by atoms with Crippen LogP contribution in [0.4, 0.5) is 0 Å². The van der Waals surface area contributed by atoms with Crippen LogP contribution in [-0.4, -0.2) is 45.0 Å². The average molecular weight is 355 g/mol. The van der Waals surface area contributed by atoms with Crippen molar-refractivity contribution < 1.29 is 14.6 Å². The number of hydrogen-bond donors (Lipinski definition) is 2. The maximum Gasteiger partial charge on any atom is 0.250 e. The van der Waals surface area contributed by atoms with E-state index < -0.39 is 12.1 Å². The number of benzene rings is 1. The highest BCUT2D eigenvalue weighted by Gasteiger charge is 2.34. The minimum Gasteiger partial charge on any atom is -0.497 e. The number of rotatable bonds is 4. The molecular weight excluding hydrogens is 334 g/mol. The van der Waals surface area contributed by atoms with Crippen LogP contribution in [0.25, 0.3) is 0 Å². The molecule has 1 unspecified atom stereocenters. The maximum atomic E-state index is 11.7. The van der Waals surface area contributed by atoms with Gasteiger partial charge in [-0.2, -0.15) is 5.10 Å². The number of aryl methyl sites for hydroxylation is 1. The van der Waals surface area contributed by atoms with Gasteiger partial charge in [0.15, 0.2) is 6.23 Å². The van der Waals surface area contributed by atoms with E-state index in [0.717, 1.165) is 16.9 Å². The number of nitrogens with zero attached hydrogens (tertiary/aromatic N) is 4. The molecule has 1 aliphatic heterocycles. The Morgan fingerprint density at radius 2 is 2.04 bits per heavy atom. The third-order valence-corrected chi connectivity index (χ3v) is 4.31. The molecule has 26 heavy (non-hydrogen) atoms. The van der Waals surface area contributed by atoms with Crippen molar-refractivity contribution in [3.8, 4) is 5.75 Å². The highest BCUT2D eigenvalue weighted by molar-refractivity contribution is 5.96. The van der Waals surface area contributed by atoms with E-state index in [4.69, 9.17) is 10.5 Å². The SMILES string of the molecule is COc1ccc([C@H](C)N2C(n3cc(C)cn3)=NC=C(C(N)=O)C2O)cc1. The van der Waals surface area contributed by atoms with Crippen molar-refractivity contribution in [2.75, 3.05) is 7.11 Å². The van der Waals surface area contributed by atoms with Gasteiger partial charge in [0.2, 0.25) is 5.96 Å². The van der Waals surface area contributed by atoms with Crippen LogP contribution in [0.15, 0.2) is 53.4 Å². The monoisotopic (exact) mass is 355 g/mol. The smallest absolute Gasteiger partial charge is 0.250 e. The zero-order chi connectivity index (χ0) is 18.8. The summed E-state index contributed by atoms with van der Waals surface area (Å²) in [4.78, 5) is 17.6. The van der Waals surface area contributed by atoms with Crippen molar-refractivity contribution in [2.24, 2.45) is 10.7 Å². The van der Waals surface area contributed by atoms with Crippen LogP contribution in [0.2, 0.25) is 0 Å². The number of nitrogens with two attached hydrogens (primary N) is 1. The molecule has 0 aliphatic carbocycles. The van der Waals surface area contributed by atoms with Crippen LogP contribution in [0.1, 0.15) is 24.1 Å². The molecular formula is C18H21N5O3. The molecule has 0 spiro atoms. The summed E-state index contributed by atoms with van der Waals surface area (Å²) in [6.45, 7) is 3.81. The first-order valence-electron chi connectivity index (χ1n) is 8.12. The Labute approximate surface area is 151 Å². The third-order valence-electron chi connectivity index (χ3n) is 4.31. The summed E-state index contributed by atoms with van der Waals surface area (Å²) in [6.07, 6.45) is 3.54. The van der Waals surface area contributed by atoms with Crippen LogP contribution in [-0.2, 0) is 4.79 Å². The first-order valence-corrected chi connectivity index (χ1v) is 8.12. The first kappa shape index (κ1) is 17.7. The molecule has 136 valence electrons. The lowest BCUT2D eigenvalue weighted by atomic mass is 10.0. The fourth-order valence-corrected chi connectivity index (χ4v) is 2.84. The topological polar surface area (TPSA) is 106 Å². The van der Waals surface area contributed by atoms with Gasteiger partial charge in [0.1, 0.15) is 5.75 Å². The van der Waals surface area contributed by atoms with Crippen molar-refractivity contribution in [1.82, 2.24) is 14.7 Å². The molecule has 2 atom stereocenters. The van der Waals surface area contributed by atoms with Crippen LogP contribution in [0.5, 0.6) is 5.75 Å². The molecule has 0 saturated carbocycles. The van der Waals surface area contributed by atoms with Crippen LogP contribution in [0, 0.1) is 6.92 Å². The molecule has 1 aromatic heterocycles. The Morgan fingerprint density at radius 3 is 2.58 bits per heavy atom. The summed E-state index contributed by atoms with van der Waals surface area (Å²) in [7, 11) is 1.60. The molecule has 2 aromatic rings. The van der Waals surface area contributed by atoms with Gasteiger partial charge < -0.3 is 20.5 Å². The van der Waals surface area contributed by atoms with E-state index in [2.05, 4.69) is 10.1 Å². The van der Waals surface area contributed by atoms with Gasteiger partial charge in [-0.3, -0.25) is 4.79 Å². The van der Waals surface area contributed by atoms with E-state index >= 15 is 0 Å². The fraction of sp³-hybridized carbons (Fsp3) is 0.278. The molecule has 1 amide bonds. The van der Waals surface area contributed by atoms with Crippen molar-refractivity contribution in [3.05, 3.63) is 59.6 Å². The first-order chi connectivity index (χ1) is 12.4. The zero-order valence-corrected chi connectivity index (χ0v) is 14.8. The van der Waals surface area contributed by atoms with Gasteiger partial charge in [-0.05, 0) is 37.1 Å². The predicted octanol–water partition coefficient (Wildman–Crippen LogP) is 1.17. The zero-order valence-electron chi connectivity index (χ0n) is 14.8. The summed E-state index contributed by atoms with van der Waals surface area (Å²) >= 11 is 0. The minimum atomic E-state index is -1.23. The van der Waals surface area contributed by atoms with Gasteiger partial charge in [0.25, 0.3) is 5.91 Å². The van der Waals surface area contributed by atoms with Crippen LogP contribution in [0.3, 0.4) is 0 Å². The standard InChI is InChI=1S/C18H21N5O3/c1-11-8-21-22(10-11)18-20-9-15(16(19)24)17(25)23(18)12(2)13-4-6-14(26-3)7-5-13/h4-10,12,17,25H,1-3H3,(H2,19,24)/t12-,17?/m0/s1. The number of hydrogen-bond acceptors (Lipinski definition) is 6. The number of amides is 1. The second-order valence-electron chi connectivity index (χ2n) is 6.07. The van der Waals surface area contributed by atoms with Crippen molar-refractivity contribution >= 4 is 11.9 Å². The lowest BCUT2D eigenvalue weighted by molar-refractivity contribution is -0.116. The number of aliphatic imine (C=N–C) groups is 1. The molecule has 3 rings (SSSR count). The van der Waals surface area contributed by atoms with Gasteiger partial charge in [-0.15, -0.1) is 0 Å². The average Bonchev–Trinajstić information content (AvgIpc) is 3.07. The van der Waals surface area contributed by atoms with Crippen LogP contribution >= 0.6 is 0 Å². The molecule has 2 heterocycles. The number of carbonyl (C=O) groups excluding carboxylic acids is 1. The molecule has 8 nitrogen and oxygen atoms in total. The Hall–Kier alpha value is -3.13. The number of methoxy groups -OCH3 is 1. The summed E-state index contributed by atoms with van der Waals surface area (Å²) in [5.74, 6) is 0.414. The molecule has 8 heteroatoms. The summed E-state index contributed by atoms with van der Waals surface area (Å²) in [6, 6.07) is 7.15. The number of aliphatic hydroxyl groups is 1. The quantitative estimate of drug-likeness (QED) is 0.856. The van der Waals surface area contributed by atoms with Crippen molar-refractivity contribution in [2.45, 2.75) is 26.1 Å². The number of ether oxygens (including phenoxy) is 1. The highest BCUT2D eigenvalue weighted by atomic mass is 16.5. The molecule has 1 aromatic carbocycles. The lowest BCUT2D eigenvalue weighted by Crippen LogP contribution is -2.49. The van der Waals surface area contributed by atoms with E-state index in [1.54, 1.807) is 29.1 Å². The Kier molecular flexibility index (Phi) is 4.77. The normalized spacial score (nSPS) is 18.2. The fourth-order valence-electron chi connectivity index (χ4n) is 2.84. The van der Waals surface area contributed by atoms with Gasteiger partial charge in [-0.25, -0.2) is 9.67 Å². The molecule has 1 aliphatic rings. The number of carbonyl (C=O) groups is 1. The van der Waals surface area contributed by atoms with Crippen molar-refractivity contribution in [1.29, 1.82) is 0 Å². The Bertz CT molecular complexity index is 869. The highest BCUT2D eigenvalue weighted by Crippen LogP contribution is 2.29. The van der Waals surface area contributed by atoms with E-state index in [0.29, 0.717) is 5.96 Å². The molecule has 0 saturated heterocycles. The molecule has 0 radical (unpaired) electrons. The van der Waals surface area contributed by atoms with E-state index in [9.17, 15) is 9.90 Å². The largest absolute Gasteiger partial charge is 0.497 e. The van der Waals surface area contributed by atoms with Crippen LogP contribution < -0.4 is 10.5 Å². The molecule has 0 fully saturated rings. The van der Waals surface area contributed by atoms with Gasteiger partial charge >= 0.3 is 0 Å². The predicted molar refractivity (Wildman–Crippen MR) is 96.3 cm³/mol. The van der Waals surface area contributed by atoms with E-state index in [1.165, 1.54) is 6.20 Å². The minimum absolute atomic E-state index is 0.0259. The van der Waals surface area contributed by atoms with Gasteiger partial charge in [0.05, 0.1) is 24.9 Å². The number of aromatic nitrogens is 2. The van der Waals surface area contributed by atoms with E-state index in [1.807, 2.05) is 38.1 Å². The summed E-state index contributed by atoms with van der Waals surface area (Å²) in [5, 5.41) is 15.0.